The molecule has 50 heavy (non-hydrogen) atoms. The molecule has 0 saturated heterocycles. The average molecular weight is 656 g/mol. The van der Waals surface area contributed by atoms with Crippen molar-refractivity contribution in [3.63, 3.8) is 0 Å². The molecule has 0 N–H and O–H groups in total. The monoisotopic (exact) mass is 655 g/mol. The van der Waals surface area contributed by atoms with Gasteiger partial charge < -0.3 is 4.57 Å². The van der Waals surface area contributed by atoms with Gasteiger partial charge in [0.25, 0.3) is 0 Å². The van der Waals surface area contributed by atoms with Gasteiger partial charge in [-0.05, 0) is 35.4 Å². The second kappa shape index (κ2) is 11.7. The van der Waals surface area contributed by atoms with Crippen LogP contribution in [0.1, 0.15) is 0 Å². The van der Waals surface area contributed by atoms with Gasteiger partial charge in [-0.15, -0.1) is 11.3 Å². The Kier molecular flexibility index (Phi) is 6.68. The molecule has 0 bridgehead atoms. The Bertz CT molecular complexity index is 2780. The fourth-order valence-electron chi connectivity index (χ4n) is 7.27. The third-order valence-electron chi connectivity index (χ3n) is 9.63. The number of rotatable bonds is 5. The Morgan fingerprint density at radius 2 is 0.960 bits per heavy atom. The minimum atomic E-state index is 0.723. The van der Waals surface area contributed by atoms with Crippen molar-refractivity contribution < 1.29 is 0 Å². The second-order valence-electron chi connectivity index (χ2n) is 12.6. The summed E-state index contributed by atoms with van der Waals surface area (Å²) in [6.07, 6.45) is 0. The van der Waals surface area contributed by atoms with Crippen molar-refractivity contribution in [2.75, 3.05) is 0 Å². The first kappa shape index (κ1) is 28.6. The number of nitrogens with zero attached hydrogens (tertiary/aromatic N) is 3. The molecule has 0 amide bonds. The summed E-state index contributed by atoms with van der Waals surface area (Å²) in [7, 11) is 0. The van der Waals surface area contributed by atoms with E-state index in [0.29, 0.717) is 0 Å². The number of fused-ring (bicyclic) bond motifs is 7. The second-order valence-corrected chi connectivity index (χ2v) is 13.6. The zero-order chi connectivity index (χ0) is 33.0. The third kappa shape index (κ3) is 4.65. The van der Waals surface area contributed by atoms with E-state index in [4.69, 9.17) is 9.97 Å². The minimum absolute atomic E-state index is 0.723. The highest BCUT2D eigenvalue weighted by molar-refractivity contribution is 7.27. The van der Waals surface area contributed by atoms with Crippen LogP contribution in [0.2, 0.25) is 0 Å². The number of hydrogen-bond donors (Lipinski definition) is 0. The van der Waals surface area contributed by atoms with Crippen LogP contribution in [0.3, 0.4) is 0 Å². The molecule has 3 aromatic heterocycles. The molecular formula is C46H29N3S. The van der Waals surface area contributed by atoms with E-state index in [1.54, 1.807) is 0 Å². The Labute approximate surface area is 293 Å². The van der Waals surface area contributed by atoms with Crippen molar-refractivity contribution >= 4 is 53.3 Å². The van der Waals surface area contributed by atoms with Crippen LogP contribution in [0.15, 0.2) is 176 Å². The first-order valence-corrected chi connectivity index (χ1v) is 17.7. The summed E-state index contributed by atoms with van der Waals surface area (Å²) in [5, 5.41) is 5.13. The smallest absolute Gasteiger partial charge is 0.160 e. The van der Waals surface area contributed by atoms with Gasteiger partial charge >= 0.3 is 0 Å². The predicted octanol–water partition coefficient (Wildman–Crippen LogP) is 12.6. The summed E-state index contributed by atoms with van der Waals surface area (Å²) in [6, 6.07) is 62.3. The molecule has 0 aliphatic heterocycles. The van der Waals surface area contributed by atoms with Gasteiger partial charge in [-0.1, -0.05) is 152 Å². The number of para-hydroxylation sites is 2. The highest BCUT2D eigenvalue weighted by Crippen LogP contribution is 2.45. The van der Waals surface area contributed by atoms with Gasteiger partial charge in [0.2, 0.25) is 0 Å². The van der Waals surface area contributed by atoms with E-state index < -0.39 is 0 Å². The van der Waals surface area contributed by atoms with E-state index in [1.165, 1.54) is 58.8 Å². The third-order valence-corrected chi connectivity index (χ3v) is 10.9. The summed E-state index contributed by atoms with van der Waals surface area (Å²) in [5.74, 6) is 0.723. The molecule has 7 aromatic carbocycles. The van der Waals surface area contributed by atoms with Crippen molar-refractivity contribution in [1.82, 2.24) is 14.5 Å². The maximum Gasteiger partial charge on any atom is 0.160 e. The summed E-state index contributed by atoms with van der Waals surface area (Å²) >= 11 is 1.89. The highest BCUT2D eigenvalue weighted by Gasteiger charge is 2.19. The number of hydrogen-bond acceptors (Lipinski definition) is 3. The van der Waals surface area contributed by atoms with Crippen molar-refractivity contribution in [2.45, 2.75) is 0 Å². The molecular weight excluding hydrogens is 627 g/mol. The lowest BCUT2D eigenvalue weighted by Gasteiger charge is -2.10. The first-order chi connectivity index (χ1) is 24.8. The normalized spacial score (nSPS) is 11.6. The lowest BCUT2D eigenvalue weighted by Crippen LogP contribution is -1.95. The molecule has 234 valence electrons. The van der Waals surface area contributed by atoms with Crippen LogP contribution in [-0.2, 0) is 0 Å². The number of thiophene rings is 1. The van der Waals surface area contributed by atoms with Gasteiger partial charge in [-0.2, -0.15) is 0 Å². The maximum atomic E-state index is 5.05. The lowest BCUT2D eigenvalue weighted by atomic mass is 10.00. The Balaban J connectivity index is 1.12. The SMILES string of the molecule is c1ccc(-c2cc(-c3ccc(-c4cccc5c4sc4c5ccc5c6ccccc6n(-c6ccccc6)c54)cc3)nc(-c3ccccc3)n2)cc1. The van der Waals surface area contributed by atoms with E-state index >= 15 is 0 Å². The standard InChI is InChI=1S/C46H29N3S/c1-4-13-31(14-5-1)40-29-41(48-46(47-40)33-15-6-2-7-16-33)32-25-23-30(24-26-32)35-20-12-21-38-39-28-27-37-36-19-10-11-22-42(36)49(34-17-8-3-9-18-34)43(37)45(39)50-44(35)38/h1-29H. The predicted molar refractivity (Wildman–Crippen MR) is 211 cm³/mol. The summed E-state index contributed by atoms with van der Waals surface area (Å²) in [5.41, 5.74) is 11.0. The average Bonchev–Trinajstić information content (AvgIpc) is 3.75. The molecule has 0 atom stereocenters. The highest BCUT2D eigenvalue weighted by atomic mass is 32.1. The summed E-state index contributed by atoms with van der Waals surface area (Å²) < 4.78 is 5.04. The Morgan fingerprint density at radius 1 is 0.400 bits per heavy atom. The molecule has 0 fully saturated rings. The molecule has 10 rings (SSSR count). The molecule has 3 heterocycles. The minimum Gasteiger partial charge on any atom is -0.308 e. The molecule has 4 heteroatoms. The van der Waals surface area contributed by atoms with E-state index in [0.717, 1.165) is 33.9 Å². The molecule has 3 nitrogen and oxygen atoms in total. The van der Waals surface area contributed by atoms with Gasteiger partial charge in [-0.25, -0.2) is 9.97 Å². The van der Waals surface area contributed by atoms with Crippen molar-refractivity contribution in [1.29, 1.82) is 0 Å². The molecule has 0 unspecified atom stereocenters. The fourth-order valence-corrected chi connectivity index (χ4v) is 8.64. The first-order valence-electron chi connectivity index (χ1n) is 16.8. The van der Waals surface area contributed by atoms with Crippen LogP contribution in [0, 0.1) is 0 Å². The zero-order valence-corrected chi connectivity index (χ0v) is 27.8. The maximum absolute atomic E-state index is 5.05. The summed E-state index contributed by atoms with van der Waals surface area (Å²) in [6.45, 7) is 0. The number of aromatic nitrogens is 3. The Hall–Kier alpha value is -6.36. The van der Waals surface area contributed by atoms with Gasteiger partial charge in [-0.3, -0.25) is 0 Å². The van der Waals surface area contributed by atoms with Crippen LogP contribution in [0.5, 0.6) is 0 Å². The molecule has 0 radical (unpaired) electrons. The van der Waals surface area contributed by atoms with Crippen LogP contribution < -0.4 is 0 Å². The largest absolute Gasteiger partial charge is 0.308 e. The van der Waals surface area contributed by atoms with E-state index in [1.807, 2.05) is 35.6 Å². The van der Waals surface area contributed by atoms with E-state index in [9.17, 15) is 0 Å². The fraction of sp³-hybridized carbons (Fsp3) is 0. The van der Waals surface area contributed by atoms with Gasteiger partial charge in [0, 0.05) is 48.6 Å². The molecule has 0 saturated carbocycles. The number of benzene rings is 7. The lowest BCUT2D eigenvalue weighted by molar-refractivity contribution is 1.18. The van der Waals surface area contributed by atoms with Crippen molar-refractivity contribution in [2.24, 2.45) is 0 Å². The Morgan fingerprint density at radius 3 is 1.70 bits per heavy atom. The summed E-state index contributed by atoms with van der Waals surface area (Å²) in [4.78, 5) is 10.0. The van der Waals surface area contributed by atoms with Crippen molar-refractivity contribution in [3.8, 4) is 50.7 Å². The quantitative estimate of drug-likeness (QED) is 0.185. The molecule has 0 spiro atoms. The van der Waals surface area contributed by atoms with Gasteiger partial charge in [0.05, 0.1) is 27.1 Å². The van der Waals surface area contributed by atoms with E-state index in [-0.39, 0.29) is 0 Å². The van der Waals surface area contributed by atoms with Crippen LogP contribution in [0.4, 0.5) is 0 Å². The molecule has 0 aliphatic carbocycles. The topological polar surface area (TPSA) is 30.7 Å². The molecule has 0 aliphatic rings. The van der Waals surface area contributed by atoms with Crippen LogP contribution in [0.25, 0.3) is 92.7 Å². The molecule has 10 aromatic rings. The van der Waals surface area contributed by atoms with Crippen LogP contribution in [-0.4, -0.2) is 14.5 Å². The van der Waals surface area contributed by atoms with Crippen LogP contribution >= 0.6 is 11.3 Å². The van der Waals surface area contributed by atoms with Gasteiger partial charge in [0.1, 0.15) is 0 Å². The van der Waals surface area contributed by atoms with Gasteiger partial charge in [0.15, 0.2) is 5.82 Å². The zero-order valence-electron chi connectivity index (χ0n) is 27.0. The van der Waals surface area contributed by atoms with Crippen molar-refractivity contribution in [3.05, 3.63) is 176 Å². The van der Waals surface area contributed by atoms with E-state index in [2.05, 4.69) is 156 Å².